The maximum Gasteiger partial charge on any atom is 0.309 e. The molecular weight excluding hydrogens is 462 g/mol. The Morgan fingerprint density at radius 1 is 1.03 bits per heavy atom. The van der Waals surface area contributed by atoms with Crippen molar-refractivity contribution in [3.05, 3.63) is 95.8 Å². The van der Waals surface area contributed by atoms with Gasteiger partial charge >= 0.3 is 5.97 Å². The highest BCUT2D eigenvalue weighted by molar-refractivity contribution is 5.71. The van der Waals surface area contributed by atoms with Crippen LogP contribution in [-0.2, 0) is 17.9 Å². The van der Waals surface area contributed by atoms with Crippen molar-refractivity contribution in [2.45, 2.75) is 53.7 Å². The molecule has 1 fully saturated rings. The normalized spacial score (nSPS) is 14.9. The van der Waals surface area contributed by atoms with E-state index in [4.69, 9.17) is 14.9 Å². The molecule has 196 valence electrons. The molecule has 0 saturated carbocycles. The van der Waals surface area contributed by atoms with Crippen LogP contribution < -0.4 is 4.74 Å². The van der Waals surface area contributed by atoms with E-state index in [1.807, 2.05) is 74.8 Å². The van der Waals surface area contributed by atoms with E-state index in [1.54, 1.807) is 0 Å². The van der Waals surface area contributed by atoms with Crippen LogP contribution in [0.15, 0.2) is 78.9 Å². The molecule has 0 unspecified atom stereocenters. The number of benzene rings is 2. The van der Waals surface area contributed by atoms with Crippen LogP contribution in [0.5, 0.6) is 5.75 Å². The minimum absolute atomic E-state index is 0.228. The van der Waals surface area contributed by atoms with Gasteiger partial charge in [0, 0.05) is 19.6 Å². The number of ether oxygens (including phenoxy) is 1. The molecule has 6 nitrogen and oxygen atoms in total. The van der Waals surface area contributed by atoms with Crippen molar-refractivity contribution in [3.8, 4) is 11.4 Å². The lowest BCUT2D eigenvalue weighted by molar-refractivity contribution is -0.147. The molecule has 5 rings (SSSR count). The number of rotatable bonds is 8. The number of likely N-dealkylation sites (tertiary alicyclic amines) is 1. The van der Waals surface area contributed by atoms with E-state index in [-0.39, 0.29) is 5.92 Å². The minimum Gasteiger partial charge on any atom is -0.487 e. The summed E-state index contributed by atoms with van der Waals surface area (Å²) in [4.78, 5) is 13.1. The highest BCUT2D eigenvalue weighted by Crippen LogP contribution is 2.27. The van der Waals surface area contributed by atoms with Crippen LogP contribution in [-0.4, -0.2) is 38.8 Å². The molecule has 1 aliphatic carbocycles. The van der Waals surface area contributed by atoms with Crippen LogP contribution in [0.25, 0.3) is 11.3 Å². The number of aliphatic carboxylic acids is 1. The Hall–Kier alpha value is -3.64. The second-order valence-corrected chi connectivity index (χ2v) is 8.59. The van der Waals surface area contributed by atoms with E-state index >= 15 is 0 Å². The molecule has 37 heavy (non-hydrogen) atoms. The monoisotopic (exact) mass is 501 g/mol. The number of carboxylic acids is 1. The second kappa shape index (κ2) is 14.2. The number of carboxylic acid groups (broad SMARTS) is 1. The number of allylic oxidation sites excluding steroid dienone is 4. The minimum atomic E-state index is -0.705. The standard InChI is InChI=1S/C27H27N3O3.2C2H6/c31-27(32)22-17-29(18-22)16-20-11-13-25(14-12-20)33-19-23-15-26(21-7-3-1-4-8-21)30(28-23)24-9-5-2-6-10-24;2*1-2/h1-3,5-7,9-15,22H,4,8,16-19H2,(H,31,32);2*1-2H3. The van der Waals surface area contributed by atoms with Crippen LogP contribution in [0.3, 0.4) is 0 Å². The molecule has 6 heteroatoms. The van der Waals surface area contributed by atoms with Crippen molar-refractivity contribution in [1.82, 2.24) is 14.7 Å². The van der Waals surface area contributed by atoms with E-state index in [2.05, 4.69) is 41.3 Å². The van der Waals surface area contributed by atoms with Crippen molar-refractivity contribution < 1.29 is 14.6 Å². The fraction of sp³-hybridized carbons (Fsp3) is 0.355. The molecule has 1 saturated heterocycles. The molecule has 3 aromatic rings. The van der Waals surface area contributed by atoms with E-state index < -0.39 is 5.97 Å². The summed E-state index contributed by atoms with van der Waals surface area (Å²) in [5, 5.41) is 13.8. The number of hydrogen-bond donors (Lipinski definition) is 1. The number of para-hydroxylation sites is 1. The second-order valence-electron chi connectivity index (χ2n) is 8.59. The van der Waals surface area contributed by atoms with Gasteiger partial charge in [-0.1, -0.05) is 76.3 Å². The number of carbonyl (C=O) groups is 1. The van der Waals surface area contributed by atoms with Gasteiger partial charge in [0.2, 0.25) is 0 Å². The summed E-state index contributed by atoms with van der Waals surface area (Å²) in [5.74, 6) is -0.140. The Balaban J connectivity index is 0.000000907. The SMILES string of the molecule is CC.CC.O=C(O)C1CN(Cc2ccc(OCc3cc(C4=CC=CCC4)n(-c4ccccc4)n3)cc2)C1. The highest BCUT2D eigenvalue weighted by atomic mass is 16.5. The first-order chi connectivity index (χ1) is 18.2. The van der Waals surface area contributed by atoms with E-state index in [0.29, 0.717) is 19.7 Å². The van der Waals surface area contributed by atoms with E-state index in [9.17, 15) is 4.79 Å². The largest absolute Gasteiger partial charge is 0.487 e. The zero-order valence-electron chi connectivity index (χ0n) is 22.4. The molecule has 0 bridgehead atoms. The Kier molecular flexibility index (Phi) is 10.7. The van der Waals surface area contributed by atoms with Crippen molar-refractivity contribution in [1.29, 1.82) is 0 Å². The summed E-state index contributed by atoms with van der Waals surface area (Å²) >= 11 is 0. The lowest BCUT2D eigenvalue weighted by Crippen LogP contribution is -2.49. The maximum absolute atomic E-state index is 11.0. The summed E-state index contributed by atoms with van der Waals surface area (Å²) in [6.45, 7) is 10.4. The van der Waals surface area contributed by atoms with Crippen LogP contribution in [0.4, 0.5) is 0 Å². The molecule has 0 radical (unpaired) electrons. The molecule has 2 heterocycles. The van der Waals surface area contributed by atoms with E-state index in [1.165, 1.54) is 5.57 Å². The first kappa shape index (κ1) is 27.9. The molecule has 1 aromatic heterocycles. The van der Waals surface area contributed by atoms with Crippen molar-refractivity contribution >= 4 is 11.5 Å². The third-order valence-corrected chi connectivity index (χ3v) is 6.13. The zero-order chi connectivity index (χ0) is 26.6. The predicted octanol–water partition coefficient (Wildman–Crippen LogP) is 6.75. The third kappa shape index (κ3) is 7.43. The molecule has 2 aliphatic rings. The first-order valence-electron chi connectivity index (χ1n) is 13.3. The van der Waals surface area contributed by atoms with Gasteiger partial charge in [0.1, 0.15) is 18.1 Å². The molecule has 1 aliphatic heterocycles. The third-order valence-electron chi connectivity index (χ3n) is 6.13. The number of hydrogen-bond acceptors (Lipinski definition) is 4. The van der Waals surface area contributed by atoms with Gasteiger partial charge in [0.15, 0.2) is 0 Å². The highest BCUT2D eigenvalue weighted by Gasteiger charge is 2.32. The summed E-state index contributed by atoms with van der Waals surface area (Å²) < 4.78 is 8.04. The van der Waals surface area contributed by atoms with Crippen LogP contribution in [0, 0.1) is 5.92 Å². The van der Waals surface area contributed by atoms with Crippen LogP contribution in [0.2, 0.25) is 0 Å². The summed E-state index contributed by atoms with van der Waals surface area (Å²) in [6.07, 6.45) is 8.51. The molecular formula is C31H39N3O3. The summed E-state index contributed by atoms with van der Waals surface area (Å²) in [6, 6.07) is 20.3. The Bertz CT molecular complexity index is 1170. The summed E-state index contributed by atoms with van der Waals surface area (Å²) in [7, 11) is 0. The Morgan fingerprint density at radius 2 is 1.73 bits per heavy atom. The van der Waals surface area contributed by atoms with Gasteiger partial charge in [-0.3, -0.25) is 9.69 Å². The average molecular weight is 502 g/mol. The molecule has 0 atom stereocenters. The van der Waals surface area contributed by atoms with Crippen LogP contribution in [0.1, 0.15) is 57.5 Å². The fourth-order valence-corrected chi connectivity index (χ4v) is 4.27. The van der Waals surface area contributed by atoms with Crippen molar-refractivity contribution in [3.63, 3.8) is 0 Å². The number of aromatic nitrogens is 2. The van der Waals surface area contributed by atoms with Gasteiger partial charge in [-0.2, -0.15) is 5.10 Å². The summed E-state index contributed by atoms with van der Waals surface area (Å²) in [5.41, 5.74) is 5.46. The van der Waals surface area contributed by atoms with Crippen molar-refractivity contribution in [2.24, 2.45) is 5.92 Å². The van der Waals surface area contributed by atoms with Gasteiger partial charge in [-0.15, -0.1) is 0 Å². The van der Waals surface area contributed by atoms with E-state index in [0.717, 1.165) is 47.8 Å². The topological polar surface area (TPSA) is 67.6 Å². The van der Waals surface area contributed by atoms with Gasteiger partial charge < -0.3 is 9.84 Å². The van der Waals surface area contributed by atoms with Gasteiger partial charge in [-0.05, 0) is 54.3 Å². The number of nitrogens with zero attached hydrogens (tertiary/aromatic N) is 3. The molecule has 0 amide bonds. The fourth-order valence-electron chi connectivity index (χ4n) is 4.27. The Labute approximate surface area is 220 Å². The lowest BCUT2D eigenvalue weighted by atomic mass is 10.00. The Morgan fingerprint density at radius 3 is 2.35 bits per heavy atom. The zero-order valence-corrected chi connectivity index (χ0v) is 22.4. The molecule has 0 spiro atoms. The first-order valence-corrected chi connectivity index (χ1v) is 13.3. The predicted molar refractivity (Wildman–Crippen MR) is 150 cm³/mol. The maximum atomic E-state index is 11.0. The molecule has 1 N–H and O–H groups in total. The van der Waals surface area contributed by atoms with Crippen molar-refractivity contribution in [2.75, 3.05) is 13.1 Å². The van der Waals surface area contributed by atoms with Gasteiger partial charge in [0.25, 0.3) is 0 Å². The quantitative estimate of drug-likeness (QED) is 0.370. The van der Waals surface area contributed by atoms with Gasteiger partial charge in [0.05, 0.1) is 17.3 Å². The smallest absolute Gasteiger partial charge is 0.309 e. The average Bonchev–Trinajstić information content (AvgIpc) is 3.37. The van der Waals surface area contributed by atoms with Gasteiger partial charge in [-0.25, -0.2) is 4.68 Å². The van der Waals surface area contributed by atoms with Crippen LogP contribution >= 0.6 is 0 Å². The lowest BCUT2D eigenvalue weighted by Gasteiger charge is -2.36. The molecule has 2 aromatic carbocycles.